The van der Waals surface area contributed by atoms with Gasteiger partial charge in [0.05, 0.1) is 12.1 Å². The minimum atomic E-state index is -0.212. The van der Waals surface area contributed by atoms with Crippen molar-refractivity contribution in [2.75, 3.05) is 40.5 Å². The number of rotatable bonds is 6. The molecule has 0 atom stereocenters. The molecule has 0 aliphatic carbocycles. The first kappa shape index (κ1) is 19.0. The Balaban J connectivity index is 2.06. The molecule has 0 aromatic heterocycles. The molecular weight excluding hydrogens is 326 g/mol. The topological polar surface area (TPSA) is 46.1 Å². The fourth-order valence-electron chi connectivity index (χ4n) is 2.84. The Morgan fingerprint density at radius 2 is 2.17 bits per heavy atom. The van der Waals surface area contributed by atoms with Gasteiger partial charge in [-0.3, -0.25) is 4.99 Å². The van der Waals surface area contributed by atoms with Gasteiger partial charge in [0.1, 0.15) is 0 Å². The minimum absolute atomic E-state index is 0.212. The number of nitrogens with zero attached hydrogens (tertiary/aromatic N) is 2. The van der Waals surface area contributed by atoms with Crippen LogP contribution in [0.15, 0.2) is 29.3 Å². The molecule has 134 valence electrons. The second kappa shape index (κ2) is 9.25. The maximum atomic E-state index is 6.08. The van der Waals surface area contributed by atoms with Gasteiger partial charge in [-0.15, -0.1) is 0 Å². The molecule has 1 fully saturated rings. The normalized spacial score (nSPS) is 17.6. The Hall–Kier alpha value is -1.30. The largest absolute Gasteiger partial charge is 0.381 e. The molecule has 1 N–H and O–H groups in total. The molecule has 0 radical (unpaired) electrons. The molecule has 1 aliphatic heterocycles. The summed E-state index contributed by atoms with van der Waals surface area (Å²) in [6, 6.07) is 7.91. The van der Waals surface area contributed by atoms with Crippen LogP contribution in [0.25, 0.3) is 0 Å². The molecule has 0 unspecified atom stereocenters. The van der Waals surface area contributed by atoms with E-state index in [0.717, 1.165) is 55.7 Å². The molecule has 2 rings (SSSR count). The van der Waals surface area contributed by atoms with Gasteiger partial charge < -0.3 is 19.7 Å². The molecule has 6 heteroatoms. The summed E-state index contributed by atoms with van der Waals surface area (Å²) in [6.07, 6.45) is 1.76. The summed E-state index contributed by atoms with van der Waals surface area (Å²) in [5.74, 6) is 0.875. The Bertz CT molecular complexity index is 545. The van der Waals surface area contributed by atoms with Crippen LogP contribution in [0.4, 0.5) is 0 Å². The third kappa shape index (κ3) is 5.36. The van der Waals surface area contributed by atoms with Crippen molar-refractivity contribution >= 4 is 17.6 Å². The van der Waals surface area contributed by atoms with Crippen molar-refractivity contribution in [3.63, 3.8) is 0 Å². The lowest BCUT2D eigenvalue weighted by Gasteiger charge is -2.35. The van der Waals surface area contributed by atoms with Gasteiger partial charge in [0.25, 0.3) is 0 Å². The fourth-order valence-corrected chi connectivity index (χ4v) is 3.06. The van der Waals surface area contributed by atoms with E-state index >= 15 is 0 Å². The SMILES string of the molecule is CCNC(=NCC1(OC)CCOCC1)N(C)Cc1cccc(Cl)c1. The van der Waals surface area contributed by atoms with Crippen molar-refractivity contribution in [3.05, 3.63) is 34.9 Å². The molecule has 1 saturated heterocycles. The zero-order valence-electron chi connectivity index (χ0n) is 14.8. The smallest absolute Gasteiger partial charge is 0.194 e. The van der Waals surface area contributed by atoms with E-state index in [1.165, 1.54) is 0 Å². The number of nitrogens with one attached hydrogen (secondary N) is 1. The second-order valence-electron chi connectivity index (χ2n) is 6.16. The van der Waals surface area contributed by atoms with E-state index in [4.69, 9.17) is 26.1 Å². The van der Waals surface area contributed by atoms with Gasteiger partial charge in [-0.25, -0.2) is 0 Å². The van der Waals surface area contributed by atoms with Gasteiger partial charge in [-0.1, -0.05) is 23.7 Å². The number of aliphatic imine (C=N–C) groups is 1. The fraction of sp³-hybridized carbons (Fsp3) is 0.611. The van der Waals surface area contributed by atoms with Crippen LogP contribution < -0.4 is 5.32 Å². The van der Waals surface area contributed by atoms with Gasteiger partial charge in [-0.2, -0.15) is 0 Å². The predicted octanol–water partition coefficient (Wildman–Crippen LogP) is 2.93. The van der Waals surface area contributed by atoms with Crippen molar-refractivity contribution < 1.29 is 9.47 Å². The third-order valence-electron chi connectivity index (χ3n) is 4.36. The summed E-state index contributed by atoms with van der Waals surface area (Å²) < 4.78 is 11.2. The summed E-state index contributed by atoms with van der Waals surface area (Å²) in [5.41, 5.74) is 0.943. The van der Waals surface area contributed by atoms with E-state index < -0.39 is 0 Å². The van der Waals surface area contributed by atoms with Crippen LogP contribution >= 0.6 is 11.6 Å². The van der Waals surface area contributed by atoms with Crippen molar-refractivity contribution in [1.82, 2.24) is 10.2 Å². The van der Waals surface area contributed by atoms with Gasteiger partial charge in [-0.05, 0) is 24.6 Å². The van der Waals surface area contributed by atoms with Gasteiger partial charge in [0.2, 0.25) is 0 Å². The average Bonchev–Trinajstić information content (AvgIpc) is 2.59. The number of halogens is 1. The Kier molecular flexibility index (Phi) is 7.34. The van der Waals surface area contributed by atoms with Crippen LogP contribution in [0.2, 0.25) is 5.02 Å². The van der Waals surface area contributed by atoms with E-state index in [-0.39, 0.29) is 5.60 Å². The molecule has 24 heavy (non-hydrogen) atoms. The monoisotopic (exact) mass is 353 g/mol. The molecule has 1 aromatic carbocycles. The summed E-state index contributed by atoms with van der Waals surface area (Å²) in [7, 11) is 3.80. The van der Waals surface area contributed by atoms with E-state index in [0.29, 0.717) is 6.54 Å². The van der Waals surface area contributed by atoms with Crippen LogP contribution in [0.1, 0.15) is 25.3 Å². The number of ether oxygens (including phenoxy) is 2. The molecule has 5 nitrogen and oxygen atoms in total. The highest BCUT2D eigenvalue weighted by Gasteiger charge is 2.32. The predicted molar refractivity (Wildman–Crippen MR) is 98.7 cm³/mol. The average molecular weight is 354 g/mol. The highest BCUT2D eigenvalue weighted by Crippen LogP contribution is 2.24. The van der Waals surface area contributed by atoms with Crippen molar-refractivity contribution in [2.24, 2.45) is 4.99 Å². The van der Waals surface area contributed by atoms with E-state index in [1.807, 2.05) is 25.2 Å². The van der Waals surface area contributed by atoms with E-state index in [2.05, 4.69) is 23.2 Å². The number of benzene rings is 1. The lowest BCUT2D eigenvalue weighted by Crippen LogP contribution is -2.44. The number of guanidine groups is 1. The number of hydrogen-bond acceptors (Lipinski definition) is 3. The zero-order chi connectivity index (χ0) is 17.4. The van der Waals surface area contributed by atoms with Gasteiger partial charge in [0.15, 0.2) is 5.96 Å². The Labute approximate surface area is 150 Å². The van der Waals surface area contributed by atoms with Crippen LogP contribution in [0.5, 0.6) is 0 Å². The van der Waals surface area contributed by atoms with Crippen molar-refractivity contribution in [1.29, 1.82) is 0 Å². The summed E-state index contributed by atoms with van der Waals surface area (Å²) in [6.45, 7) is 5.74. The summed E-state index contributed by atoms with van der Waals surface area (Å²) >= 11 is 6.08. The molecule has 1 aliphatic rings. The maximum absolute atomic E-state index is 6.08. The maximum Gasteiger partial charge on any atom is 0.194 e. The number of hydrogen-bond donors (Lipinski definition) is 1. The first-order chi connectivity index (χ1) is 11.6. The molecule has 0 spiro atoms. The molecule has 0 bridgehead atoms. The molecule has 0 saturated carbocycles. The lowest BCUT2D eigenvalue weighted by atomic mass is 9.94. The molecular formula is C18H28ClN3O2. The molecule has 1 aromatic rings. The Morgan fingerprint density at radius 3 is 2.79 bits per heavy atom. The van der Waals surface area contributed by atoms with Crippen LogP contribution in [-0.2, 0) is 16.0 Å². The van der Waals surface area contributed by atoms with Crippen LogP contribution in [-0.4, -0.2) is 56.9 Å². The van der Waals surface area contributed by atoms with E-state index in [9.17, 15) is 0 Å². The van der Waals surface area contributed by atoms with Crippen molar-refractivity contribution in [2.45, 2.75) is 31.9 Å². The van der Waals surface area contributed by atoms with Gasteiger partial charge in [0, 0.05) is 58.3 Å². The highest BCUT2D eigenvalue weighted by molar-refractivity contribution is 6.30. The second-order valence-corrected chi connectivity index (χ2v) is 6.59. The minimum Gasteiger partial charge on any atom is -0.381 e. The first-order valence-electron chi connectivity index (χ1n) is 8.45. The van der Waals surface area contributed by atoms with Crippen LogP contribution in [0.3, 0.4) is 0 Å². The Morgan fingerprint density at radius 1 is 1.42 bits per heavy atom. The molecule has 0 amide bonds. The third-order valence-corrected chi connectivity index (χ3v) is 4.59. The van der Waals surface area contributed by atoms with Crippen LogP contribution in [0, 0.1) is 0 Å². The molecule has 1 heterocycles. The quantitative estimate of drug-likeness (QED) is 0.631. The van der Waals surface area contributed by atoms with Crippen molar-refractivity contribution in [3.8, 4) is 0 Å². The summed E-state index contributed by atoms with van der Waals surface area (Å²) in [4.78, 5) is 6.93. The van der Waals surface area contributed by atoms with E-state index in [1.54, 1.807) is 7.11 Å². The highest BCUT2D eigenvalue weighted by atomic mass is 35.5. The van der Waals surface area contributed by atoms with Gasteiger partial charge >= 0.3 is 0 Å². The zero-order valence-corrected chi connectivity index (χ0v) is 15.6. The standard InChI is InChI=1S/C18H28ClN3O2/c1-4-20-17(21-14-18(23-3)8-10-24-11-9-18)22(2)13-15-6-5-7-16(19)12-15/h5-7,12H,4,8-11,13-14H2,1-3H3,(H,20,21). The number of methoxy groups -OCH3 is 1. The lowest BCUT2D eigenvalue weighted by molar-refractivity contribution is -0.0829. The first-order valence-corrected chi connectivity index (χ1v) is 8.83. The summed E-state index contributed by atoms with van der Waals surface area (Å²) in [5, 5.41) is 4.11.